The second-order valence-corrected chi connectivity index (χ2v) is 9.07. The normalized spacial score (nSPS) is 13.5. The van der Waals surface area contributed by atoms with Gasteiger partial charge in [0, 0.05) is 21.9 Å². The smallest absolute Gasteiger partial charge is 0.235 e. The highest BCUT2D eigenvalue weighted by Crippen LogP contribution is 2.42. The summed E-state index contributed by atoms with van der Waals surface area (Å²) in [6.07, 6.45) is 2.60. The lowest BCUT2D eigenvalue weighted by Crippen LogP contribution is -2.04. The first-order valence-electron chi connectivity index (χ1n) is 11.9. The summed E-state index contributed by atoms with van der Waals surface area (Å²) < 4.78 is 2.22. The molecule has 1 saturated carbocycles. The Labute approximate surface area is 198 Å². The van der Waals surface area contributed by atoms with Gasteiger partial charge in [-0.15, -0.1) is 0 Å². The molecule has 3 heteroatoms. The van der Waals surface area contributed by atoms with Crippen LogP contribution < -0.4 is 0 Å². The van der Waals surface area contributed by atoms with Crippen molar-refractivity contribution in [1.82, 2.24) is 14.5 Å². The van der Waals surface area contributed by atoms with Gasteiger partial charge in [0.1, 0.15) is 0 Å². The average Bonchev–Trinajstić information content (AvgIpc) is 3.71. The van der Waals surface area contributed by atoms with E-state index in [1.54, 1.807) is 0 Å². The number of rotatable bonds is 4. The monoisotopic (exact) mass is 437 g/mol. The molecule has 0 radical (unpaired) electrons. The summed E-state index contributed by atoms with van der Waals surface area (Å²) in [7, 11) is 0. The molecule has 1 fully saturated rings. The molecule has 0 N–H and O–H groups in total. The maximum atomic E-state index is 5.09. The van der Waals surface area contributed by atoms with E-state index in [1.807, 2.05) is 12.1 Å². The van der Waals surface area contributed by atoms with Gasteiger partial charge in [-0.2, -0.15) is 0 Å². The van der Waals surface area contributed by atoms with E-state index in [4.69, 9.17) is 9.97 Å². The number of hydrogen-bond donors (Lipinski definition) is 0. The number of para-hydroxylation sites is 1. The van der Waals surface area contributed by atoms with Crippen LogP contribution in [-0.2, 0) is 0 Å². The Morgan fingerprint density at radius 3 is 1.79 bits per heavy atom. The molecule has 0 atom stereocenters. The minimum Gasteiger partial charge on any atom is -0.278 e. The van der Waals surface area contributed by atoms with E-state index in [0.717, 1.165) is 33.5 Å². The van der Waals surface area contributed by atoms with Gasteiger partial charge in [0.05, 0.1) is 22.4 Å². The Morgan fingerprint density at radius 2 is 1.15 bits per heavy atom. The van der Waals surface area contributed by atoms with Gasteiger partial charge in [0.2, 0.25) is 5.95 Å². The fourth-order valence-electron chi connectivity index (χ4n) is 4.92. The van der Waals surface area contributed by atoms with Crippen LogP contribution >= 0.6 is 0 Å². The molecule has 1 aliphatic carbocycles. The predicted molar refractivity (Wildman–Crippen MR) is 139 cm³/mol. The van der Waals surface area contributed by atoms with Crippen molar-refractivity contribution in [3.63, 3.8) is 0 Å². The summed E-state index contributed by atoms with van der Waals surface area (Å²) in [6, 6.07) is 38.3. The van der Waals surface area contributed by atoms with Crippen molar-refractivity contribution < 1.29 is 0 Å². The fourth-order valence-corrected chi connectivity index (χ4v) is 4.92. The number of hydrogen-bond acceptors (Lipinski definition) is 2. The maximum Gasteiger partial charge on any atom is 0.235 e. The Balaban J connectivity index is 1.53. The third kappa shape index (κ3) is 3.20. The zero-order chi connectivity index (χ0) is 22.5. The van der Waals surface area contributed by atoms with E-state index < -0.39 is 0 Å². The molecule has 2 aromatic heterocycles. The lowest BCUT2D eigenvalue weighted by atomic mass is 10.1. The highest BCUT2D eigenvalue weighted by atomic mass is 15.2. The van der Waals surface area contributed by atoms with Crippen LogP contribution in [0.25, 0.3) is 50.3 Å². The van der Waals surface area contributed by atoms with Crippen LogP contribution in [0.1, 0.15) is 24.3 Å². The van der Waals surface area contributed by atoms with E-state index in [1.165, 1.54) is 29.2 Å². The van der Waals surface area contributed by atoms with E-state index in [-0.39, 0.29) is 0 Å². The van der Waals surface area contributed by atoms with Crippen LogP contribution in [0.3, 0.4) is 0 Å². The lowest BCUT2D eigenvalue weighted by Gasteiger charge is -2.12. The molecule has 6 aromatic rings. The van der Waals surface area contributed by atoms with Gasteiger partial charge in [-0.25, -0.2) is 9.97 Å². The number of benzene rings is 4. The van der Waals surface area contributed by atoms with Gasteiger partial charge >= 0.3 is 0 Å². The molecule has 0 spiro atoms. The van der Waals surface area contributed by atoms with Crippen LogP contribution in [0.4, 0.5) is 0 Å². The molecule has 1 aliphatic rings. The lowest BCUT2D eigenvalue weighted by molar-refractivity contribution is 0.995. The molecular formula is C31H23N3. The molecule has 4 aromatic carbocycles. The molecule has 3 nitrogen and oxygen atoms in total. The van der Waals surface area contributed by atoms with Crippen molar-refractivity contribution in [1.29, 1.82) is 0 Å². The van der Waals surface area contributed by atoms with Gasteiger partial charge in [-0.3, -0.25) is 4.57 Å². The molecule has 0 aliphatic heterocycles. The van der Waals surface area contributed by atoms with Gasteiger partial charge in [0.25, 0.3) is 0 Å². The zero-order valence-corrected chi connectivity index (χ0v) is 18.7. The summed E-state index contributed by atoms with van der Waals surface area (Å²) in [4.78, 5) is 10.2. The first-order valence-corrected chi connectivity index (χ1v) is 11.9. The van der Waals surface area contributed by atoms with Crippen LogP contribution in [0.15, 0.2) is 109 Å². The Morgan fingerprint density at radius 1 is 0.559 bits per heavy atom. The van der Waals surface area contributed by atoms with Gasteiger partial charge in [-0.1, -0.05) is 84.9 Å². The van der Waals surface area contributed by atoms with Gasteiger partial charge in [-0.05, 0) is 48.6 Å². The van der Waals surface area contributed by atoms with Crippen molar-refractivity contribution >= 4 is 21.8 Å². The van der Waals surface area contributed by atoms with Crippen LogP contribution in [0.2, 0.25) is 0 Å². The number of aromatic nitrogens is 3. The highest BCUT2D eigenvalue weighted by molar-refractivity contribution is 6.09. The van der Waals surface area contributed by atoms with Crippen LogP contribution in [0, 0.1) is 0 Å². The molecule has 34 heavy (non-hydrogen) atoms. The van der Waals surface area contributed by atoms with Crippen molar-refractivity contribution in [2.45, 2.75) is 18.8 Å². The van der Waals surface area contributed by atoms with Gasteiger partial charge in [0.15, 0.2) is 0 Å². The molecule has 0 unspecified atom stereocenters. The van der Waals surface area contributed by atoms with Crippen LogP contribution in [0.5, 0.6) is 0 Å². The minimum atomic E-state index is 0.700. The number of nitrogens with zero attached hydrogens (tertiary/aromatic N) is 3. The Kier molecular flexibility index (Phi) is 4.34. The third-order valence-corrected chi connectivity index (χ3v) is 6.80. The first kappa shape index (κ1) is 19.2. The fraction of sp³-hybridized carbons (Fsp3) is 0.0968. The summed E-state index contributed by atoms with van der Waals surface area (Å²) in [6.45, 7) is 0. The first-order chi connectivity index (χ1) is 16.8. The maximum absolute atomic E-state index is 5.09. The molecule has 162 valence electrons. The van der Waals surface area contributed by atoms with Crippen molar-refractivity contribution in [2.24, 2.45) is 0 Å². The van der Waals surface area contributed by atoms with E-state index in [2.05, 4.69) is 102 Å². The third-order valence-electron chi connectivity index (χ3n) is 6.80. The average molecular weight is 438 g/mol. The van der Waals surface area contributed by atoms with E-state index >= 15 is 0 Å². The predicted octanol–water partition coefficient (Wildman–Crippen LogP) is 7.79. The summed E-state index contributed by atoms with van der Waals surface area (Å²) in [5, 5.41) is 2.52. The second-order valence-electron chi connectivity index (χ2n) is 9.07. The quantitative estimate of drug-likeness (QED) is 0.282. The minimum absolute atomic E-state index is 0.700. The standard InChI is InChI=1S/C31H23N3/c1-3-9-22(10-4-1)27-20-28(23-11-5-2-6-12-23)33-31(32-27)34-29-14-8-7-13-25(29)26-19-24(21-15-16-21)17-18-30(26)34/h1-14,17-21H,15-16H2. The molecule has 0 amide bonds. The summed E-state index contributed by atoms with van der Waals surface area (Å²) >= 11 is 0. The Hall–Kier alpha value is -4.24. The zero-order valence-electron chi connectivity index (χ0n) is 18.7. The topological polar surface area (TPSA) is 30.7 Å². The number of fused-ring (bicyclic) bond motifs is 3. The summed E-state index contributed by atoms with van der Waals surface area (Å²) in [5.74, 6) is 1.42. The van der Waals surface area contributed by atoms with Crippen molar-refractivity contribution in [3.8, 4) is 28.5 Å². The molecule has 0 bridgehead atoms. The summed E-state index contributed by atoms with van der Waals surface area (Å²) in [5.41, 5.74) is 7.74. The molecule has 0 saturated heterocycles. The van der Waals surface area contributed by atoms with Gasteiger partial charge < -0.3 is 0 Å². The largest absolute Gasteiger partial charge is 0.278 e. The van der Waals surface area contributed by atoms with Crippen molar-refractivity contribution in [3.05, 3.63) is 115 Å². The van der Waals surface area contributed by atoms with Crippen molar-refractivity contribution in [2.75, 3.05) is 0 Å². The van der Waals surface area contributed by atoms with E-state index in [0.29, 0.717) is 11.9 Å². The highest BCUT2D eigenvalue weighted by Gasteiger charge is 2.25. The molecule has 2 heterocycles. The second kappa shape index (κ2) is 7.67. The Bertz CT molecular complexity index is 1590. The van der Waals surface area contributed by atoms with E-state index in [9.17, 15) is 0 Å². The van der Waals surface area contributed by atoms with Crippen LogP contribution in [-0.4, -0.2) is 14.5 Å². The molecule has 7 rings (SSSR count). The molecular weight excluding hydrogens is 414 g/mol. The SMILES string of the molecule is c1ccc(-c2cc(-c3ccccc3)nc(-n3c4ccccc4c4cc(C5CC5)ccc43)n2)cc1.